The summed E-state index contributed by atoms with van der Waals surface area (Å²) in [6.07, 6.45) is 1.55. The van der Waals surface area contributed by atoms with Crippen LogP contribution in [-0.4, -0.2) is 15.2 Å². The molecule has 1 aromatic heterocycles. The zero-order chi connectivity index (χ0) is 9.26. The molecule has 0 saturated heterocycles. The van der Waals surface area contributed by atoms with Gasteiger partial charge in [-0.2, -0.15) is 0 Å². The molecule has 0 aliphatic carbocycles. The molecule has 0 fully saturated rings. The highest BCUT2D eigenvalue weighted by Crippen LogP contribution is 2.19. The Morgan fingerprint density at radius 1 is 1.38 bits per heavy atom. The minimum absolute atomic E-state index is 0.742. The Kier molecular flexibility index (Phi) is 1.73. The molecule has 0 atom stereocenters. The molecule has 0 saturated carbocycles. The number of nitrogens with zero attached hydrogens (tertiary/aromatic N) is 2. The van der Waals surface area contributed by atoms with Crippen LogP contribution in [0.1, 0.15) is 5.56 Å². The third-order valence-corrected chi connectivity index (χ3v) is 1.97. The SMILES string of the molecule is Cc1ccc(-c2nnc[nH]2)cc1N. The number of H-pyrrole nitrogens is 1. The van der Waals surface area contributed by atoms with Crippen molar-refractivity contribution < 1.29 is 0 Å². The highest BCUT2D eigenvalue weighted by atomic mass is 15.2. The zero-order valence-electron chi connectivity index (χ0n) is 7.28. The number of hydrogen-bond acceptors (Lipinski definition) is 3. The van der Waals surface area contributed by atoms with E-state index < -0.39 is 0 Å². The maximum absolute atomic E-state index is 5.76. The van der Waals surface area contributed by atoms with E-state index in [1.807, 2.05) is 25.1 Å². The Bertz CT molecular complexity index is 406. The molecule has 0 bridgehead atoms. The number of aromatic nitrogens is 3. The Morgan fingerprint density at radius 2 is 2.23 bits per heavy atom. The third kappa shape index (κ3) is 1.38. The van der Waals surface area contributed by atoms with Gasteiger partial charge < -0.3 is 10.7 Å². The largest absolute Gasteiger partial charge is 0.398 e. The van der Waals surface area contributed by atoms with Crippen LogP contribution in [0.3, 0.4) is 0 Å². The molecular weight excluding hydrogens is 164 g/mol. The van der Waals surface area contributed by atoms with Gasteiger partial charge in [0.25, 0.3) is 0 Å². The van der Waals surface area contributed by atoms with E-state index in [4.69, 9.17) is 5.73 Å². The number of hydrogen-bond donors (Lipinski definition) is 2. The molecule has 2 aromatic rings. The lowest BCUT2D eigenvalue weighted by molar-refractivity contribution is 1.09. The van der Waals surface area contributed by atoms with Crippen LogP contribution in [0.25, 0.3) is 11.4 Å². The van der Waals surface area contributed by atoms with Gasteiger partial charge in [0.05, 0.1) is 0 Å². The lowest BCUT2D eigenvalue weighted by Crippen LogP contribution is -1.90. The van der Waals surface area contributed by atoms with Crippen molar-refractivity contribution in [2.24, 2.45) is 0 Å². The first-order valence-corrected chi connectivity index (χ1v) is 4.00. The first-order valence-electron chi connectivity index (χ1n) is 4.00. The molecule has 13 heavy (non-hydrogen) atoms. The normalized spacial score (nSPS) is 10.2. The zero-order valence-corrected chi connectivity index (χ0v) is 7.28. The highest BCUT2D eigenvalue weighted by molar-refractivity contribution is 5.63. The monoisotopic (exact) mass is 174 g/mol. The molecule has 0 aliphatic heterocycles. The van der Waals surface area contributed by atoms with Gasteiger partial charge >= 0.3 is 0 Å². The molecular formula is C9H10N4. The average molecular weight is 174 g/mol. The summed E-state index contributed by atoms with van der Waals surface area (Å²) < 4.78 is 0. The number of anilines is 1. The first-order chi connectivity index (χ1) is 6.27. The van der Waals surface area contributed by atoms with Crippen molar-refractivity contribution in [2.75, 3.05) is 5.73 Å². The number of nitrogens with two attached hydrogens (primary N) is 1. The Balaban J connectivity index is 2.49. The molecule has 0 radical (unpaired) electrons. The predicted molar refractivity (Wildman–Crippen MR) is 51.0 cm³/mol. The van der Waals surface area contributed by atoms with Crippen molar-refractivity contribution in [3.63, 3.8) is 0 Å². The smallest absolute Gasteiger partial charge is 0.161 e. The van der Waals surface area contributed by atoms with E-state index in [1.165, 1.54) is 0 Å². The van der Waals surface area contributed by atoms with Gasteiger partial charge in [0.1, 0.15) is 6.33 Å². The molecule has 4 nitrogen and oxygen atoms in total. The van der Waals surface area contributed by atoms with Gasteiger partial charge in [-0.05, 0) is 18.6 Å². The van der Waals surface area contributed by atoms with Crippen molar-refractivity contribution in [1.29, 1.82) is 0 Å². The molecule has 0 spiro atoms. The van der Waals surface area contributed by atoms with Gasteiger partial charge in [-0.25, -0.2) is 0 Å². The minimum Gasteiger partial charge on any atom is -0.398 e. The van der Waals surface area contributed by atoms with Crippen LogP contribution >= 0.6 is 0 Å². The van der Waals surface area contributed by atoms with Crippen molar-refractivity contribution in [1.82, 2.24) is 15.2 Å². The molecule has 1 heterocycles. The van der Waals surface area contributed by atoms with Crippen molar-refractivity contribution in [3.05, 3.63) is 30.1 Å². The van der Waals surface area contributed by atoms with Gasteiger partial charge in [-0.1, -0.05) is 12.1 Å². The maximum atomic E-state index is 5.76. The molecule has 66 valence electrons. The fourth-order valence-corrected chi connectivity index (χ4v) is 1.13. The fourth-order valence-electron chi connectivity index (χ4n) is 1.13. The summed E-state index contributed by atoms with van der Waals surface area (Å²) in [5.41, 5.74) is 8.57. The van der Waals surface area contributed by atoms with Crippen LogP contribution in [0.5, 0.6) is 0 Å². The molecule has 3 N–H and O–H groups in total. The van der Waals surface area contributed by atoms with Crippen LogP contribution in [0.2, 0.25) is 0 Å². The Hall–Kier alpha value is -1.84. The van der Waals surface area contributed by atoms with E-state index in [-0.39, 0.29) is 0 Å². The van der Waals surface area contributed by atoms with E-state index in [1.54, 1.807) is 6.33 Å². The van der Waals surface area contributed by atoms with Gasteiger partial charge in [0.2, 0.25) is 0 Å². The summed E-state index contributed by atoms with van der Waals surface area (Å²) in [4.78, 5) is 2.92. The summed E-state index contributed by atoms with van der Waals surface area (Å²) in [5, 5.41) is 7.60. The summed E-state index contributed by atoms with van der Waals surface area (Å²) in [5.74, 6) is 0.742. The number of nitrogen functional groups attached to an aromatic ring is 1. The first kappa shape index (κ1) is 7.79. The quantitative estimate of drug-likeness (QED) is 0.641. The summed E-state index contributed by atoms with van der Waals surface area (Å²) in [7, 11) is 0. The van der Waals surface area contributed by atoms with Gasteiger partial charge in [-0.15, -0.1) is 10.2 Å². The van der Waals surface area contributed by atoms with Crippen LogP contribution in [0, 0.1) is 6.92 Å². The number of aromatic amines is 1. The third-order valence-electron chi connectivity index (χ3n) is 1.97. The standard InChI is InChI=1S/C9H10N4/c1-6-2-3-7(4-8(6)10)9-11-5-12-13-9/h2-5H,10H2,1H3,(H,11,12,13). The number of benzene rings is 1. The summed E-state index contributed by atoms with van der Waals surface area (Å²) >= 11 is 0. The second kappa shape index (κ2) is 2.90. The molecule has 2 rings (SSSR count). The second-order valence-corrected chi connectivity index (χ2v) is 2.91. The van der Waals surface area contributed by atoms with Crippen LogP contribution in [0.15, 0.2) is 24.5 Å². The van der Waals surface area contributed by atoms with Crippen molar-refractivity contribution >= 4 is 5.69 Å². The highest BCUT2D eigenvalue weighted by Gasteiger charge is 2.01. The van der Waals surface area contributed by atoms with E-state index in [9.17, 15) is 0 Å². The van der Waals surface area contributed by atoms with Crippen LogP contribution < -0.4 is 5.73 Å². The lowest BCUT2D eigenvalue weighted by atomic mass is 10.1. The van der Waals surface area contributed by atoms with Gasteiger partial charge in [0, 0.05) is 11.3 Å². The number of rotatable bonds is 1. The predicted octanol–water partition coefficient (Wildman–Crippen LogP) is 1.36. The van der Waals surface area contributed by atoms with Crippen molar-refractivity contribution in [3.8, 4) is 11.4 Å². The average Bonchev–Trinajstić information content (AvgIpc) is 2.62. The van der Waals surface area contributed by atoms with Gasteiger partial charge in [-0.3, -0.25) is 0 Å². The summed E-state index contributed by atoms with van der Waals surface area (Å²) in [6.45, 7) is 1.97. The molecule has 0 aliphatic rings. The molecule has 4 heteroatoms. The molecule has 1 aromatic carbocycles. The second-order valence-electron chi connectivity index (χ2n) is 2.91. The van der Waals surface area contributed by atoms with Crippen LogP contribution in [0.4, 0.5) is 5.69 Å². The summed E-state index contributed by atoms with van der Waals surface area (Å²) in [6, 6.07) is 5.81. The molecule has 0 amide bonds. The Labute approximate surface area is 75.8 Å². The van der Waals surface area contributed by atoms with E-state index in [2.05, 4.69) is 15.2 Å². The van der Waals surface area contributed by atoms with Crippen molar-refractivity contribution in [2.45, 2.75) is 6.92 Å². The maximum Gasteiger partial charge on any atom is 0.161 e. The number of nitrogens with one attached hydrogen (secondary N) is 1. The van der Waals surface area contributed by atoms with Crippen LogP contribution in [-0.2, 0) is 0 Å². The minimum atomic E-state index is 0.742. The van der Waals surface area contributed by atoms with Gasteiger partial charge in [0.15, 0.2) is 5.82 Å². The van der Waals surface area contributed by atoms with E-state index in [0.717, 1.165) is 22.6 Å². The lowest BCUT2D eigenvalue weighted by Gasteiger charge is -2.01. The van der Waals surface area contributed by atoms with E-state index in [0.29, 0.717) is 0 Å². The fraction of sp³-hybridized carbons (Fsp3) is 0.111. The Morgan fingerprint density at radius 3 is 2.85 bits per heavy atom. The topological polar surface area (TPSA) is 67.6 Å². The number of aryl methyl sites for hydroxylation is 1. The van der Waals surface area contributed by atoms with E-state index >= 15 is 0 Å². The molecule has 0 unspecified atom stereocenters.